The van der Waals surface area contributed by atoms with Gasteiger partial charge in [-0.25, -0.2) is 0 Å². The summed E-state index contributed by atoms with van der Waals surface area (Å²) in [6.45, 7) is 5.69. The minimum Gasteiger partial charge on any atom is -0.493 e. The maximum atomic E-state index is 12.7. The van der Waals surface area contributed by atoms with E-state index in [4.69, 9.17) is 18.9 Å². The molecule has 0 atom stereocenters. The number of ether oxygens (including phenoxy) is 4. The van der Waals surface area contributed by atoms with Crippen molar-refractivity contribution in [2.24, 2.45) is 0 Å². The average Bonchev–Trinajstić information content (AvgIpc) is 2.85. The minimum atomic E-state index is -0.108. The van der Waals surface area contributed by atoms with Crippen LogP contribution in [0.2, 0.25) is 0 Å². The fourth-order valence-corrected chi connectivity index (χ4v) is 3.30. The Morgan fingerprint density at radius 3 is 1.61 bits per heavy atom. The van der Waals surface area contributed by atoms with Crippen molar-refractivity contribution in [1.82, 2.24) is 4.90 Å². The lowest BCUT2D eigenvalue weighted by Crippen LogP contribution is -2.21. The highest BCUT2D eigenvalue weighted by Crippen LogP contribution is 2.29. The zero-order chi connectivity index (χ0) is 24.2. The summed E-state index contributed by atoms with van der Waals surface area (Å²) in [5.74, 6) is 2.48. The van der Waals surface area contributed by atoms with Crippen molar-refractivity contribution in [2.45, 2.75) is 13.8 Å². The van der Waals surface area contributed by atoms with Crippen LogP contribution in [-0.2, 0) is 4.79 Å². The molecule has 6 heteroatoms. The first-order chi connectivity index (χ1) is 16.0. The van der Waals surface area contributed by atoms with E-state index in [0.717, 1.165) is 29.9 Å². The number of carbonyl (C=O) groups is 1. The molecule has 0 radical (unpaired) electrons. The Morgan fingerprint density at radius 1 is 0.727 bits per heavy atom. The topological polar surface area (TPSA) is 57.2 Å². The van der Waals surface area contributed by atoms with Gasteiger partial charge in [0.15, 0.2) is 28.8 Å². The van der Waals surface area contributed by atoms with Crippen LogP contribution in [-0.4, -0.2) is 52.2 Å². The van der Waals surface area contributed by atoms with Crippen molar-refractivity contribution in [2.75, 3.05) is 41.5 Å². The number of carbonyl (C=O) groups excluding carboxylic acids is 1. The van der Waals surface area contributed by atoms with Crippen molar-refractivity contribution in [1.29, 1.82) is 0 Å². The van der Waals surface area contributed by atoms with Gasteiger partial charge in [0, 0.05) is 24.9 Å². The molecule has 0 saturated carbocycles. The van der Waals surface area contributed by atoms with Crippen LogP contribution < -0.4 is 18.9 Å². The van der Waals surface area contributed by atoms with Gasteiger partial charge in [-0.1, -0.05) is 24.3 Å². The number of benzene rings is 2. The number of allylic oxidation sites excluding steroid dienone is 3. The quantitative estimate of drug-likeness (QED) is 0.325. The van der Waals surface area contributed by atoms with Crippen LogP contribution in [0.25, 0.3) is 12.2 Å². The van der Waals surface area contributed by atoms with Crippen LogP contribution in [0.15, 0.2) is 60.3 Å². The molecular formula is C27H33NO5. The Hall–Kier alpha value is -3.67. The van der Waals surface area contributed by atoms with E-state index in [1.807, 2.05) is 48.6 Å². The lowest BCUT2D eigenvalue weighted by atomic mass is 10.1. The third kappa shape index (κ3) is 7.17. The van der Waals surface area contributed by atoms with Gasteiger partial charge < -0.3 is 23.8 Å². The Bertz CT molecular complexity index is 1020. The van der Waals surface area contributed by atoms with Gasteiger partial charge in [-0.3, -0.25) is 4.79 Å². The highest BCUT2D eigenvalue weighted by Gasteiger charge is 2.07. The summed E-state index contributed by atoms with van der Waals surface area (Å²) in [7, 11) is 6.39. The number of nitrogens with zero attached hydrogens (tertiary/aromatic N) is 1. The predicted molar refractivity (Wildman–Crippen MR) is 133 cm³/mol. The lowest BCUT2D eigenvalue weighted by Gasteiger charge is -2.22. The van der Waals surface area contributed by atoms with Crippen molar-refractivity contribution < 1.29 is 23.7 Å². The molecular weight excluding hydrogens is 418 g/mol. The molecule has 0 aliphatic carbocycles. The number of hydrogen-bond donors (Lipinski definition) is 0. The lowest BCUT2D eigenvalue weighted by molar-refractivity contribution is -0.110. The molecule has 0 aromatic heterocycles. The summed E-state index contributed by atoms with van der Waals surface area (Å²) in [6.07, 6.45) is 8.85. The van der Waals surface area contributed by atoms with E-state index in [9.17, 15) is 4.79 Å². The summed E-state index contributed by atoms with van der Waals surface area (Å²) in [5, 5.41) is 0. The molecule has 0 fully saturated rings. The summed E-state index contributed by atoms with van der Waals surface area (Å²) >= 11 is 0. The Balaban J connectivity index is 2.28. The van der Waals surface area contributed by atoms with Gasteiger partial charge in [0.2, 0.25) is 0 Å². The average molecular weight is 452 g/mol. The third-order valence-electron chi connectivity index (χ3n) is 5.12. The number of likely N-dealkylation sites (N-methyl/N-ethyl adjacent to an activating group) is 1. The molecule has 0 saturated heterocycles. The summed E-state index contributed by atoms with van der Waals surface area (Å²) in [5.41, 5.74) is 2.62. The zero-order valence-electron chi connectivity index (χ0n) is 20.3. The fraction of sp³-hybridized carbons (Fsp3) is 0.296. The van der Waals surface area contributed by atoms with Gasteiger partial charge in [-0.05, 0) is 61.4 Å². The first kappa shape index (κ1) is 25.6. The van der Waals surface area contributed by atoms with Crippen molar-refractivity contribution in [3.63, 3.8) is 0 Å². The normalized spacial score (nSPS) is 11.6. The van der Waals surface area contributed by atoms with Gasteiger partial charge in [-0.15, -0.1) is 0 Å². The molecule has 0 N–H and O–H groups in total. The molecule has 0 aliphatic heterocycles. The first-order valence-corrected chi connectivity index (χ1v) is 10.8. The molecule has 2 rings (SSSR count). The van der Waals surface area contributed by atoms with Crippen molar-refractivity contribution in [3.8, 4) is 23.0 Å². The van der Waals surface area contributed by atoms with E-state index < -0.39 is 0 Å². The van der Waals surface area contributed by atoms with Gasteiger partial charge in [-0.2, -0.15) is 0 Å². The van der Waals surface area contributed by atoms with Gasteiger partial charge in [0.25, 0.3) is 0 Å². The van der Waals surface area contributed by atoms with Crippen molar-refractivity contribution >= 4 is 17.9 Å². The molecule has 176 valence electrons. The maximum absolute atomic E-state index is 12.7. The van der Waals surface area contributed by atoms with E-state index in [-0.39, 0.29) is 5.78 Å². The SMILES string of the molecule is CCN(CC)C(=C\C(=O)/C=C/c1ccc(OC)c(OC)c1)/C=C/c1ccc(OC)c(OC)c1. The largest absolute Gasteiger partial charge is 0.493 e. The van der Waals surface area contributed by atoms with Crippen LogP contribution in [0.3, 0.4) is 0 Å². The smallest absolute Gasteiger partial charge is 0.180 e. The Morgan fingerprint density at radius 2 is 1.18 bits per heavy atom. The Labute approximate surface area is 196 Å². The molecule has 2 aromatic rings. The maximum Gasteiger partial charge on any atom is 0.180 e. The number of hydrogen-bond acceptors (Lipinski definition) is 6. The summed E-state index contributed by atoms with van der Waals surface area (Å²) < 4.78 is 21.3. The standard InChI is InChI=1S/C27H33NO5/c1-7-28(8-2)22(13-9-20-11-15-24(30-3)26(17-20)32-5)19-23(29)14-10-21-12-16-25(31-4)27(18-21)33-6/h9-19H,7-8H2,1-6H3/b13-9+,14-10+,22-19-. The predicted octanol–water partition coefficient (Wildman–Crippen LogP) is 5.24. The van der Waals surface area contributed by atoms with E-state index in [1.54, 1.807) is 46.7 Å². The molecule has 0 heterocycles. The second kappa shape index (κ2) is 13.0. The number of ketones is 1. The Kier molecular flexibility index (Phi) is 10.1. The van der Waals surface area contributed by atoms with Crippen LogP contribution >= 0.6 is 0 Å². The molecule has 33 heavy (non-hydrogen) atoms. The molecule has 0 aliphatic rings. The zero-order valence-corrected chi connectivity index (χ0v) is 20.3. The summed E-state index contributed by atoms with van der Waals surface area (Å²) in [4.78, 5) is 14.8. The van der Waals surface area contributed by atoms with Crippen LogP contribution in [0.5, 0.6) is 23.0 Å². The molecule has 0 unspecified atom stereocenters. The second-order valence-electron chi connectivity index (χ2n) is 7.04. The van der Waals surface area contributed by atoms with Crippen LogP contribution in [0, 0.1) is 0 Å². The van der Waals surface area contributed by atoms with E-state index in [2.05, 4.69) is 18.7 Å². The van der Waals surface area contributed by atoms with Crippen LogP contribution in [0.4, 0.5) is 0 Å². The highest BCUT2D eigenvalue weighted by molar-refractivity contribution is 6.02. The molecule has 0 bridgehead atoms. The fourth-order valence-electron chi connectivity index (χ4n) is 3.30. The van der Waals surface area contributed by atoms with E-state index >= 15 is 0 Å². The summed E-state index contributed by atoms with van der Waals surface area (Å²) in [6, 6.07) is 11.2. The highest BCUT2D eigenvalue weighted by atomic mass is 16.5. The second-order valence-corrected chi connectivity index (χ2v) is 7.04. The van der Waals surface area contributed by atoms with Gasteiger partial charge in [0.1, 0.15) is 0 Å². The van der Waals surface area contributed by atoms with Crippen LogP contribution in [0.1, 0.15) is 25.0 Å². The third-order valence-corrected chi connectivity index (χ3v) is 5.12. The molecule has 2 aromatic carbocycles. The first-order valence-electron chi connectivity index (χ1n) is 10.8. The number of methoxy groups -OCH3 is 4. The molecule has 0 spiro atoms. The van der Waals surface area contributed by atoms with Gasteiger partial charge >= 0.3 is 0 Å². The van der Waals surface area contributed by atoms with Gasteiger partial charge in [0.05, 0.1) is 28.4 Å². The minimum absolute atomic E-state index is 0.108. The molecule has 0 amide bonds. The van der Waals surface area contributed by atoms with E-state index in [0.29, 0.717) is 23.0 Å². The van der Waals surface area contributed by atoms with E-state index in [1.165, 1.54) is 0 Å². The molecule has 6 nitrogen and oxygen atoms in total. The number of rotatable bonds is 12. The monoisotopic (exact) mass is 451 g/mol. The van der Waals surface area contributed by atoms with Crippen molar-refractivity contribution in [3.05, 3.63) is 71.5 Å².